The number of nitrogens with zero attached hydrogens (tertiary/aromatic N) is 6. The summed E-state index contributed by atoms with van der Waals surface area (Å²) >= 11 is 1.26. The monoisotopic (exact) mass is 410 g/mol. The fraction of sp³-hybridized carbons (Fsp3) is 0.350. The highest BCUT2D eigenvalue weighted by Gasteiger charge is 2.21. The lowest BCUT2D eigenvalue weighted by Gasteiger charge is -2.34. The number of carboxylic acid groups (broad SMARTS) is 1. The molecule has 1 atom stereocenters. The first-order valence-corrected chi connectivity index (χ1v) is 10.4. The normalized spacial score (nSPS) is 16.1. The average molecular weight is 411 g/mol. The van der Waals surface area contributed by atoms with E-state index in [4.69, 9.17) is 9.97 Å². The van der Waals surface area contributed by atoms with Gasteiger partial charge in [0.05, 0.1) is 12.1 Å². The summed E-state index contributed by atoms with van der Waals surface area (Å²) in [5, 5.41) is 10.3. The maximum atomic E-state index is 11.3. The third kappa shape index (κ3) is 4.63. The SMILES string of the molecule is CC(Sc1nc(CN2CCN(c3ncccn3)CC2)nc2ccccc12)C(=O)O. The number of rotatable bonds is 6. The topological polar surface area (TPSA) is 95.3 Å². The molecule has 1 fully saturated rings. The zero-order chi connectivity index (χ0) is 20.2. The van der Waals surface area contributed by atoms with Gasteiger partial charge in [0.25, 0.3) is 0 Å². The molecular weight excluding hydrogens is 388 g/mol. The van der Waals surface area contributed by atoms with Crippen molar-refractivity contribution in [1.29, 1.82) is 0 Å². The summed E-state index contributed by atoms with van der Waals surface area (Å²) in [4.78, 5) is 33.8. The first kappa shape index (κ1) is 19.5. The lowest BCUT2D eigenvalue weighted by Crippen LogP contribution is -2.46. The number of anilines is 1. The molecule has 1 N–H and O–H groups in total. The average Bonchev–Trinajstić information content (AvgIpc) is 2.75. The molecule has 9 heteroatoms. The molecule has 150 valence electrons. The third-order valence-electron chi connectivity index (χ3n) is 4.82. The van der Waals surface area contributed by atoms with Crippen molar-refractivity contribution in [3.63, 3.8) is 0 Å². The maximum Gasteiger partial charge on any atom is 0.316 e. The number of carbonyl (C=O) groups is 1. The highest BCUT2D eigenvalue weighted by Crippen LogP contribution is 2.29. The maximum absolute atomic E-state index is 11.3. The fourth-order valence-electron chi connectivity index (χ4n) is 3.23. The van der Waals surface area contributed by atoms with Crippen molar-refractivity contribution in [2.75, 3.05) is 31.1 Å². The zero-order valence-electron chi connectivity index (χ0n) is 16.1. The van der Waals surface area contributed by atoms with Crippen LogP contribution in [0.1, 0.15) is 12.7 Å². The van der Waals surface area contributed by atoms with E-state index in [9.17, 15) is 9.90 Å². The van der Waals surface area contributed by atoms with Gasteiger partial charge in [0.15, 0.2) is 0 Å². The number of aromatic nitrogens is 4. The van der Waals surface area contributed by atoms with Crippen molar-refractivity contribution in [2.24, 2.45) is 0 Å². The molecule has 8 nitrogen and oxygen atoms in total. The van der Waals surface area contributed by atoms with Crippen molar-refractivity contribution in [1.82, 2.24) is 24.8 Å². The molecule has 2 aromatic heterocycles. The molecule has 3 aromatic rings. The first-order valence-electron chi connectivity index (χ1n) is 9.49. The quantitative estimate of drug-likeness (QED) is 0.485. The van der Waals surface area contributed by atoms with Gasteiger partial charge in [-0.05, 0) is 19.1 Å². The van der Waals surface area contributed by atoms with Gasteiger partial charge in [-0.1, -0.05) is 30.0 Å². The Morgan fingerprint density at radius 1 is 1.10 bits per heavy atom. The lowest BCUT2D eigenvalue weighted by atomic mass is 10.2. The number of hydrogen-bond acceptors (Lipinski definition) is 8. The Labute approximate surface area is 173 Å². The Bertz CT molecular complexity index is 995. The van der Waals surface area contributed by atoms with Crippen molar-refractivity contribution >= 4 is 34.6 Å². The summed E-state index contributed by atoms with van der Waals surface area (Å²) in [7, 11) is 0. The Kier molecular flexibility index (Phi) is 5.86. The predicted octanol–water partition coefficient (Wildman–Crippen LogP) is 2.31. The van der Waals surface area contributed by atoms with E-state index in [-0.39, 0.29) is 0 Å². The molecule has 1 aliphatic heterocycles. The van der Waals surface area contributed by atoms with Crippen LogP contribution in [0.4, 0.5) is 5.95 Å². The van der Waals surface area contributed by atoms with Gasteiger partial charge >= 0.3 is 5.97 Å². The Morgan fingerprint density at radius 2 is 1.83 bits per heavy atom. The number of hydrogen-bond donors (Lipinski definition) is 1. The molecule has 1 saturated heterocycles. The van der Waals surface area contributed by atoms with E-state index in [1.807, 2.05) is 30.3 Å². The van der Waals surface area contributed by atoms with Crippen LogP contribution in [0.25, 0.3) is 10.9 Å². The number of thioether (sulfide) groups is 1. The van der Waals surface area contributed by atoms with Crippen LogP contribution in [-0.2, 0) is 11.3 Å². The van der Waals surface area contributed by atoms with Crippen LogP contribution in [0.15, 0.2) is 47.8 Å². The van der Waals surface area contributed by atoms with Gasteiger partial charge in [0.2, 0.25) is 5.95 Å². The molecule has 0 radical (unpaired) electrons. The molecule has 3 heterocycles. The second kappa shape index (κ2) is 8.71. The van der Waals surface area contributed by atoms with E-state index in [0.717, 1.165) is 48.1 Å². The second-order valence-corrected chi connectivity index (χ2v) is 8.20. The van der Waals surface area contributed by atoms with Crippen LogP contribution < -0.4 is 4.90 Å². The van der Waals surface area contributed by atoms with Gasteiger partial charge in [-0.25, -0.2) is 19.9 Å². The van der Waals surface area contributed by atoms with E-state index >= 15 is 0 Å². The van der Waals surface area contributed by atoms with Gasteiger partial charge in [-0.3, -0.25) is 9.69 Å². The minimum absolute atomic E-state index is 0.574. The van der Waals surface area contributed by atoms with Crippen LogP contribution in [0.2, 0.25) is 0 Å². The van der Waals surface area contributed by atoms with Crippen molar-refractivity contribution < 1.29 is 9.90 Å². The molecule has 0 amide bonds. The van der Waals surface area contributed by atoms with Crippen LogP contribution in [0, 0.1) is 0 Å². The van der Waals surface area contributed by atoms with Crippen LogP contribution in [0.5, 0.6) is 0 Å². The molecular formula is C20H22N6O2S. The molecule has 1 aromatic carbocycles. The Morgan fingerprint density at radius 3 is 2.55 bits per heavy atom. The zero-order valence-corrected chi connectivity index (χ0v) is 16.9. The van der Waals surface area contributed by atoms with Crippen LogP contribution in [-0.4, -0.2) is 67.3 Å². The number of fused-ring (bicyclic) bond motifs is 1. The van der Waals surface area contributed by atoms with Crippen LogP contribution >= 0.6 is 11.8 Å². The molecule has 0 aliphatic carbocycles. The first-order chi connectivity index (χ1) is 14.1. The van der Waals surface area contributed by atoms with E-state index < -0.39 is 11.2 Å². The molecule has 29 heavy (non-hydrogen) atoms. The molecule has 0 bridgehead atoms. The molecule has 4 rings (SSSR count). The second-order valence-electron chi connectivity index (χ2n) is 6.87. The van der Waals surface area contributed by atoms with E-state index in [1.54, 1.807) is 19.3 Å². The number of aliphatic carboxylic acids is 1. The summed E-state index contributed by atoms with van der Waals surface area (Å²) in [6.07, 6.45) is 3.52. The third-order valence-corrected chi connectivity index (χ3v) is 5.91. The number of para-hydroxylation sites is 1. The van der Waals surface area contributed by atoms with Crippen molar-refractivity contribution in [3.8, 4) is 0 Å². The Hall–Kier alpha value is -2.78. The predicted molar refractivity (Wildman–Crippen MR) is 112 cm³/mol. The lowest BCUT2D eigenvalue weighted by molar-refractivity contribution is -0.136. The standard InChI is InChI=1S/C20H22N6O2S/c1-14(19(27)28)29-18-15-5-2-3-6-16(15)23-17(24-18)13-25-9-11-26(12-10-25)20-21-7-4-8-22-20/h2-8,14H,9-13H2,1H3,(H,27,28). The highest BCUT2D eigenvalue weighted by molar-refractivity contribution is 8.00. The van der Waals surface area contributed by atoms with Gasteiger partial charge in [-0.15, -0.1) is 0 Å². The highest BCUT2D eigenvalue weighted by atomic mass is 32.2. The van der Waals surface area contributed by atoms with Gasteiger partial charge in [0, 0.05) is 44.0 Å². The minimum atomic E-state index is -0.849. The van der Waals surface area contributed by atoms with Crippen molar-refractivity contribution in [2.45, 2.75) is 23.7 Å². The molecule has 1 aliphatic rings. The summed E-state index contributed by atoms with van der Waals surface area (Å²) in [6, 6.07) is 9.56. The van der Waals surface area contributed by atoms with Crippen LogP contribution in [0.3, 0.4) is 0 Å². The van der Waals surface area contributed by atoms with Gasteiger partial charge in [-0.2, -0.15) is 0 Å². The van der Waals surface area contributed by atoms with Gasteiger partial charge < -0.3 is 10.0 Å². The largest absolute Gasteiger partial charge is 0.480 e. The Balaban J connectivity index is 1.49. The molecule has 0 spiro atoms. The fourth-order valence-corrected chi connectivity index (χ4v) is 4.13. The minimum Gasteiger partial charge on any atom is -0.480 e. The van der Waals surface area contributed by atoms with Crippen molar-refractivity contribution in [3.05, 3.63) is 48.5 Å². The smallest absolute Gasteiger partial charge is 0.316 e. The summed E-state index contributed by atoms with van der Waals surface area (Å²) in [5.74, 6) is 0.627. The molecule has 1 unspecified atom stereocenters. The van der Waals surface area contributed by atoms with E-state index in [0.29, 0.717) is 12.4 Å². The summed E-state index contributed by atoms with van der Waals surface area (Å²) in [6.45, 7) is 5.72. The van der Waals surface area contributed by atoms with E-state index in [1.165, 1.54) is 11.8 Å². The number of carboxylic acids is 1. The van der Waals surface area contributed by atoms with E-state index in [2.05, 4.69) is 19.8 Å². The van der Waals surface area contributed by atoms with Gasteiger partial charge in [0.1, 0.15) is 16.1 Å². The summed E-state index contributed by atoms with van der Waals surface area (Å²) < 4.78 is 0. The molecule has 0 saturated carbocycles. The number of piperazine rings is 1. The summed E-state index contributed by atoms with van der Waals surface area (Å²) in [5.41, 5.74) is 0.842. The number of benzene rings is 1.